The first-order chi connectivity index (χ1) is 13.1. The molecule has 4 heteroatoms. The average molecular weight is 385 g/mol. The van der Waals surface area contributed by atoms with Crippen LogP contribution in [-0.2, 0) is 19.1 Å². The molecule has 160 valence electrons. The smallest absolute Gasteiger partial charge is 0.309 e. The summed E-state index contributed by atoms with van der Waals surface area (Å²) >= 11 is 0. The van der Waals surface area contributed by atoms with Crippen molar-refractivity contribution in [2.45, 2.75) is 117 Å². The summed E-state index contributed by atoms with van der Waals surface area (Å²) in [5.74, 6) is -0.995. The van der Waals surface area contributed by atoms with Crippen LogP contribution in [0.4, 0.5) is 0 Å². The third-order valence-electron chi connectivity index (χ3n) is 4.88. The van der Waals surface area contributed by atoms with E-state index in [1.165, 1.54) is 64.2 Å². The van der Waals surface area contributed by atoms with E-state index >= 15 is 0 Å². The van der Waals surface area contributed by atoms with Crippen molar-refractivity contribution in [1.82, 2.24) is 0 Å². The molecule has 0 spiro atoms. The molecule has 0 saturated heterocycles. The lowest BCUT2D eigenvalue weighted by Gasteiger charge is -2.11. The molecule has 0 aliphatic heterocycles. The predicted octanol–water partition coefficient (Wildman–Crippen LogP) is 6.60. The van der Waals surface area contributed by atoms with Crippen LogP contribution in [0, 0.1) is 5.92 Å². The topological polar surface area (TPSA) is 52.6 Å². The molecular formula is C23H44O4. The van der Waals surface area contributed by atoms with Gasteiger partial charge in [0.15, 0.2) is 0 Å². The van der Waals surface area contributed by atoms with E-state index in [0.717, 1.165) is 25.7 Å². The fourth-order valence-corrected chi connectivity index (χ4v) is 3.01. The zero-order chi connectivity index (χ0) is 20.2. The molecule has 27 heavy (non-hydrogen) atoms. The molecule has 0 unspecified atom stereocenters. The zero-order valence-electron chi connectivity index (χ0n) is 18.2. The largest absolute Gasteiger partial charge is 0.466 e. The van der Waals surface area contributed by atoms with Crippen molar-refractivity contribution in [3.8, 4) is 0 Å². The Hall–Kier alpha value is -1.06. The molecule has 0 aliphatic rings. The summed E-state index contributed by atoms with van der Waals surface area (Å²) in [7, 11) is 0. The van der Waals surface area contributed by atoms with Crippen molar-refractivity contribution >= 4 is 11.9 Å². The maximum Gasteiger partial charge on any atom is 0.309 e. The van der Waals surface area contributed by atoms with E-state index < -0.39 is 5.92 Å². The van der Waals surface area contributed by atoms with E-state index in [0.29, 0.717) is 13.2 Å². The van der Waals surface area contributed by atoms with Gasteiger partial charge in [-0.05, 0) is 12.8 Å². The van der Waals surface area contributed by atoms with E-state index in [4.69, 9.17) is 9.47 Å². The summed E-state index contributed by atoms with van der Waals surface area (Å²) in [5, 5.41) is 0. The highest BCUT2D eigenvalue weighted by atomic mass is 16.5. The second kappa shape index (κ2) is 19.7. The number of hydrogen-bond donors (Lipinski definition) is 0. The molecule has 0 bridgehead atoms. The van der Waals surface area contributed by atoms with E-state index in [9.17, 15) is 9.59 Å². The van der Waals surface area contributed by atoms with Crippen LogP contribution in [0.2, 0.25) is 0 Å². The second-order valence-corrected chi connectivity index (χ2v) is 7.74. The van der Waals surface area contributed by atoms with Gasteiger partial charge < -0.3 is 9.47 Å². The van der Waals surface area contributed by atoms with E-state index in [1.807, 2.05) is 0 Å². The lowest BCUT2D eigenvalue weighted by Crippen LogP contribution is -2.20. The number of rotatable bonds is 19. The highest BCUT2D eigenvalue weighted by Gasteiger charge is 2.19. The molecule has 0 aromatic rings. The number of ether oxygens (including phenoxy) is 2. The summed E-state index contributed by atoms with van der Waals surface area (Å²) in [6.07, 6.45) is 16.8. The molecule has 0 aromatic carbocycles. The molecule has 0 radical (unpaired) electrons. The number of carbonyl (C=O) groups excluding carboxylic acids is 2. The lowest BCUT2D eigenvalue weighted by atomic mass is 10.1. The number of hydrogen-bond acceptors (Lipinski definition) is 4. The van der Waals surface area contributed by atoms with E-state index in [2.05, 4.69) is 13.8 Å². The summed E-state index contributed by atoms with van der Waals surface area (Å²) in [5.41, 5.74) is 0. The van der Waals surface area contributed by atoms with Gasteiger partial charge in [0.25, 0.3) is 0 Å². The van der Waals surface area contributed by atoms with Crippen molar-refractivity contribution in [3.63, 3.8) is 0 Å². The van der Waals surface area contributed by atoms with Crippen LogP contribution >= 0.6 is 0 Å². The summed E-state index contributed by atoms with van der Waals surface area (Å²) in [4.78, 5) is 23.7. The van der Waals surface area contributed by atoms with Gasteiger partial charge in [-0.2, -0.15) is 0 Å². The summed E-state index contributed by atoms with van der Waals surface area (Å²) in [6.45, 7) is 7.09. The fraction of sp³-hybridized carbons (Fsp3) is 0.913. The number of esters is 2. The summed E-state index contributed by atoms with van der Waals surface area (Å²) < 4.78 is 10.5. The summed E-state index contributed by atoms with van der Waals surface area (Å²) in [6, 6.07) is 0. The Balaban J connectivity index is 3.52. The first-order valence-electron chi connectivity index (χ1n) is 11.4. The minimum Gasteiger partial charge on any atom is -0.466 e. The first-order valence-corrected chi connectivity index (χ1v) is 11.4. The average Bonchev–Trinajstić information content (AvgIpc) is 2.65. The minimum atomic E-state index is -0.420. The van der Waals surface area contributed by atoms with Crippen LogP contribution < -0.4 is 0 Å². The van der Waals surface area contributed by atoms with Gasteiger partial charge >= 0.3 is 11.9 Å². The highest BCUT2D eigenvalue weighted by molar-refractivity contribution is 5.79. The lowest BCUT2D eigenvalue weighted by molar-refractivity contribution is -0.154. The minimum absolute atomic E-state index is 0.117. The van der Waals surface area contributed by atoms with Crippen LogP contribution in [0.3, 0.4) is 0 Å². The maximum atomic E-state index is 11.9. The standard InChI is InChI=1S/C23H44O4/c1-4-6-8-10-12-13-15-16-18-26-22(24)20-21(3)23(25)27-19-17-14-11-9-7-5-2/h21H,4-20H2,1-3H3/t21-/m1/s1. The Morgan fingerprint density at radius 3 is 1.52 bits per heavy atom. The van der Waals surface area contributed by atoms with E-state index in [-0.39, 0.29) is 18.4 Å². The molecular weight excluding hydrogens is 340 g/mol. The van der Waals surface area contributed by atoms with Crippen LogP contribution in [0.25, 0.3) is 0 Å². The molecule has 0 amide bonds. The van der Waals surface area contributed by atoms with Crippen molar-refractivity contribution in [1.29, 1.82) is 0 Å². The van der Waals surface area contributed by atoms with Crippen molar-refractivity contribution in [2.24, 2.45) is 5.92 Å². The third kappa shape index (κ3) is 18.1. The fourth-order valence-electron chi connectivity index (χ4n) is 3.01. The molecule has 0 rings (SSSR count). The Labute approximate surface area is 167 Å². The predicted molar refractivity (Wildman–Crippen MR) is 112 cm³/mol. The maximum absolute atomic E-state index is 11.9. The monoisotopic (exact) mass is 384 g/mol. The molecule has 0 aromatic heterocycles. The molecule has 0 aliphatic carbocycles. The van der Waals surface area contributed by atoms with Crippen LogP contribution in [-0.4, -0.2) is 25.2 Å². The SMILES string of the molecule is CCCCCCCCCCOC(=O)C[C@@H](C)C(=O)OCCCCCCCC. The number of carbonyl (C=O) groups is 2. The quantitative estimate of drug-likeness (QED) is 0.186. The molecule has 0 saturated carbocycles. The molecule has 0 heterocycles. The van der Waals surface area contributed by atoms with Gasteiger partial charge in [-0.15, -0.1) is 0 Å². The van der Waals surface area contributed by atoms with Gasteiger partial charge in [0.05, 0.1) is 25.6 Å². The van der Waals surface area contributed by atoms with Crippen molar-refractivity contribution in [3.05, 3.63) is 0 Å². The number of unbranched alkanes of at least 4 members (excludes halogenated alkanes) is 12. The van der Waals surface area contributed by atoms with Crippen LogP contribution in [0.15, 0.2) is 0 Å². The van der Waals surface area contributed by atoms with Gasteiger partial charge in [0, 0.05) is 0 Å². The molecule has 4 nitrogen and oxygen atoms in total. The van der Waals surface area contributed by atoms with Gasteiger partial charge in [-0.25, -0.2) is 0 Å². The zero-order valence-corrected chi connectivity index (χ0v) is 18.2. The second-order valence-electron chi connectivity index (χ2n) is 7.74. The Morgan fingerprint density at radius 1 is 0.630 bits per heavy atom. The Kier molecular flexibility index (Phi) is 18.9. The Morgan fingerprint density at radius 2 is 1.04 bits per heavy atom. The van der Waals surface area contributed by atoms with Crippen LogP contribution in [0.5, 0.6) is 0 Å². The highest BCUT2D eigenvalue weighted by Crippen LogP contribution is 2.11. The van der Waals surface area contributed by atoms with Crippen molar-refractivity contribution in [2.75, 3.05) is 13.2 Å². The third-order valence-corrected chi connectivity index (χ3v) is 4.88. The van der Waals surface area contributed by atoms with Gasteiger partial charge in [-0.1, -0.05) is 97.8 Å². The van der Waals surface area contributed by atoms with Crippen LogP contribution in [0.1, 0.15) is 117 Å². The van der Waals surface area contributed by atoms with Crippen molar-refractivity contribution < 1.29 is 19.1 Å². The van der Waals surface area contributed by atoms with E-state index in [1.54, 1.807) is 6.92 Å². The van der Waals surface area contributed by atoms with Gasteiger partial charge in [0.2, 0.25) is 0 Å². The first kappa shape index (κ1) is 25.9. The molecule has 0 N–H and O–H groups in total. The van der Waals surface area contributed by atoms with Gasteiger partial charge in [0.1, 0.15) is 0 Å². The normalized spacial score (nSPS) is 12.0. The van der Waals surface area contributed by atoms with Gasteiger partial charge in [-0.3, -0.25) is 9.59 Å². The Bertz CT molecular complexity index is 354. The molecule has 0 fully saturated rings. The molecule has 1 atom stereocenters.